The molecule has 3 heterocycles. The van der Waals surface area contributed by atoms with E-state index in [1.165, 1.54) is 23.5 Å². The van der Waals surface area contributed by atoms with Crippen molar-refractivity contribution in [1.29, 1.82) is 0 Å². The second-order valence-corrected chi connectivity index (χ2v) is 6.56. The second kappa shape index (κ2) is 6.53. The zero-order chi connectivity index (χ0) is 18.1. The summed E-state index contributed by atoms with van der Waals surface area (Å²) in [6.07, 6.45) is 3.38. The standard InChI is InChI=1S/C19H13FN4OS/c20-13-3-1-2-4-15(13)23-18(25)17-16(21)12-5-6-14(24-19(12)26-17)11-7-9-22-10-8-11/h1-10H,21H2,(H,23,25). The maximum absolute atomic E-state index is 13.8. The predicted molar refractivity (Wildman–Crippen MR) is 102 cm³/mol. The fourth-order valence-electron chi connectivity index (χ4n) is 2.59. The van der Waals surface area contributed by atoms with E-state index in [0.29, 0.717) is 20.8 Å². The number of rotatable bonds is 3. The van der Waals surface area contributed by atoms with Crippen LogP contribution in [-0.2, 0) is 0 Å². The molecule has 128 valence electrons. The van der Waals surface area contributed by atoms with Crippen LogP contribution in [0.2, 0.25) is 0 Å². The maximum atomic E-state index is 13.8. The number of nitrogens with one attached hydrogen (secondary N) is 1. The van der Waals surface area contributed by atoms with Crippen LogP contribution in [0.1, 0.15) is 9.67 Å². The molecule has 0 aliphatic heterocycles. The SMILES string of the molecule is Nc1c(C(=O)Nc2ccccc2F)sc2nc(-c3ccncc3)ccc12. The molecule has 3 aromatic heterocycles. The molecule has 26 heavy (non-hydrogen) atoms. The molecule has 4 aromatic rings. The number of halogens is 1. The largest absolute Gasteiger partial charge is 0.397 e. The Balaban J connectivity index is 1.71. The number of nitrogen functional groups attached to an aromatic ring is 1. The van der Waals surface area contributed by atoms with Gasteiger partial charge < -0.3 is 11.1 Å². The van der Waals surface area contributed by atoms with Crippen LogP contribution in [0.3, 0.4) is 0 Å². The topological polar surface area (TPSA) is 80.9 Å². The highest BCUT2D eigenvalue weighted by atomic mass is 32.1. The van der Waals surface area contributed by atoms with Crippen LogP contribution in [0, 0.1) is 5.82 Å². The van der Waals surface area contributed by atoms with Crippen molar-refractivity contribution in [1.82, 2.24) is 9.97 Å². The number of carbonyl (C=O) groups excluding carboxylic acids is 1. The Kier molecular flexibility index (Phi) is 4.06. The van der Waals surface area contributed by atoms with Gasteiger partial charge in [-0.05, 0) is 36.4 Å². The van der Waals surface area contributed by atoms with Gasteiger partial charge in [0.1, 0.15) is 15.5 Å². The molecule has 0 atom stereocenters. The zero-order valence-corrected chi connectivity index (χ0v) is 14.3. The monoisotopic (exact) mass is 364 g/mol. The molecule has 0 aliphatic rings. The van der Waals surface area contributed by atoms with Gasteiger partial charge in [0.05, 0.1) is 17.1 Å². The number of nitrogens with two attached hydrogens (primary N) is 1. The molecule has 0 unspecified atom stereocenters. The minimum atomic E-state index is -0.501. The van der Waals surface area contributed by atoms with E-state index in [4.69, 9.17) is 5.73 Å². The summed E-state index contributed by atoms with van der Waals surface area (Å²) in [6, 6.07) is 13.4. The first-order chi connectivity index (χ1) is 12.6. The lowest BCUT2D eigenvalue weighted by Crippen LogP contribution is -2.12. The molecule has 0 fully saturated rings. The molecule has 0 bridgehead atoms. The molecule has 0 saturated carbocycles. The molecule has 1 amide bonds. The van der Waals surface area contributed by atoms with E-state index in [1.807, 2.05) is 24.3 Å². The number of hydrogen-bond donors (Lipinski definition) is 2. The Bertz CT molecular complexity index is 1110. The van der Waals surface area contributed by atoms with E-state index in [-0.39, 0.29) is 5.69 Å². The first-order valence-corrected chi connectivity index (χ1v) is 8.60. The summed E-state index contributed by atoms with van der Waals surface area (Å²) in [5, 5.41) is 3.26. The van der Waals surface area contributed by atoms with Crippen molar-refractivity contribution >= 4 is 38.8 Å². The number of pyridine rings is 2. The fraction of sp³-hybridized carbons (Fsp3) is 0. The molecular weight excluding hydrogens is 351 g/mol. The van der Waals surface area contributed by atoms with Gasteiger partial charge in [-0.1, -0.05) is 12.1 Å². The number of carbonyl (C=O) groups is 1. The Morgan fingerprint density at radius 1 is 1.08 bits per heavy atom. The maximum Gasteiger partial charge on any atom is 0.268 e. The number of thiophene rings is 1. The van der Waals surface area contributed by atoms with Gasteiger partial charge in [0.25, 0.3) is 5.91 Å². The normalized spacial score (nSPS) is 10.8. The van der Waals surface area contributed by atoms with Crippen LogP contribution >= 0.6 is 11.3 Å². The number of aromatic nitrogens is 2. The average molecular weight is 364 g/mol. The summed E-state index contributed by atoms with van der Waals surface area (Å²) < 4.78 is 13.8. The molecule has 0 saturated heterocycles. The van der Waals surface area contributed by atoms with Gasteiger partial charge in [-0.3, -0.25) is 9.78 Å². The van der Waals surface area contributed by atoms with Crippen LogP contribution in [-0.4, -0.2) is 15.9 Å². The summed E-state index contributed by atoms with van der Waals surface area (Å²) in [5.41, 5.74) is 8.27. The number of amides is 1. The third-order valence-electron chi connectivity index (χ3n) is 3.90. The highest BCUT2D eigenvalue weighted by Gasteiger charge is 2.18. The van der Waals surface area contributed by atoms with Crippen LogP contribution in [0.25, 0.3) is 21.5 Å². The van der Waals surface area contributed by atoms with Crippen molar-refractivity contribution in [3.63, 3.8) is 0 Å². The minimum Gasteiger partial charge on any atom is -0.397 e. The lowest BCUT2D eigenvalue weighted by molar-refractivity contribution is 0.103. The van der Waals surface area contributed by atoms with Crippen molar-refractivity contribution in [2.75, 3.05) is 11.1 Å². The number of anilines is 2. The summed E-state index contributed by atoms with van der Waals surface area (Å²) in [6.45, 7) is 0. The van der Waals surface area contributed by atoms with E-state index in [0.717, 1.165) is 11.3 Å². The molecular formula is C19H13FN4OS. The van der Waals surface area contributed by atoms with E-state index < -0.39 is 11.7 Å². The molecule has 3 N–H and O–H groups in total. The van der Waals surface area contributed by atoms with Gasteiger partial charge in [0, 0.05) is 23.3 Å². The van der Waals surface area contributed by atoms with Crippen LogP contribution in [0.5, 0.6) is 0 Å². The predicted octanol–water partition coefficient (Wildman–Crippen LogP) is 4.33. The van der Waals surface area contributed by atoms with Crippen molar-refractivity contribution < 1.29 is 9.18 Å². The quantitative estimate of drug-likeness (QED) is 0.567. The molecule has 0 spiro atoms. The number of fused-ring (bicyclic) bond motifs is 1. The Morgan fingerprint density at radius 2 is 1.85 bits per heavy atom. The molecule has 7 heteroatoms. The van der Waals surface area contributed by atoms with Crippen LogP contribution in [0.15, 0.2) is 60.9 Å². The van der Waals surface area contributed by atoms with Gasteiger partial charge in [-0.25, -0.2) is 9.37 Å². The van der Waals surface area contributed by atoms with E-state index in [9.17, 15) is 9.18 Å². The lowest BCUT2D eigenvalue weighted by atomic mass is 10.1. The van der Waals surface area contributed by atoms with Gasteiger partial charge in [-0.2, -0.15) is 0 Å². The van der Waals surface area contributed by atoms with E-state index in [2.05, 4.69) is 15.3 Å². The number of nitrogens with zero attached hydrogens (tertiary/aromatic N) is 2. The van der Waals surface area contributed by atoms with E-state index >= 15 is 0 Å². The van der Waals surface area contributed by atoms with Crippen LogP contribution < -0.4 is 11.1 Å². The zero-order valence-electron chi connectivity index (χ0n) is 13.4. The fourth-order valence-corrected chi connectivity index (χ4v) is 3.58. The third kappa shape index (κ3) is 2.89. The average Bonchev–Trinajstić information content (AvgIpc) is 3.00. The van der Waals surface area contributed by atoms with Gasteiger partial charge >= 0.3 is 0 Å². The minimum absolute atomic E-state index is 0.111. The molecule has 4 rings (SSSR count). The summed E-state index contributed by atoms with van der Waals surface area (Å²) in [5.74, 6) is -0.959. The Hall–Kier alpha value is -3.32. The lowest BCUT2D eigenvalue weighted by Gasteiger charge is -2.05. The Labute approximate surface area is 152 Å². The number of benzene rings is 1. The molecule has 5 nitrogen and oxygen atoms in total. The second-order valence-electron chi connectivity index (χ2n) is 5.56. The van der Waals surface area contributed by atoms with Gasteiger partial charge in [0.2, 0.25) is 0 Å². The smallest absolute Gasteiger partial charge is 0.268 e. The van der Waals surface area contributed by atoms with Crippen molar-refractivity contribution in [3.05, 3.63) is 71.6 Å². The Morgan fingerprint density at radius 3 is 2.62 bits per heavy atom. The number of para-hydroxylation sites is 1. The van der Waals surface area contributed by atoms with Crippen molar-refractivity contribution in [2.45, 2.75) is 0 Å². The first kappa shape index (κ1) is 16.2. The third-order valence-corrected chi connectivity index (χ3v) is 5.01. The molecule has 0 aliphatic carbocycles. The molecule has 0 radical (unpaired) electrons. The van der Waals surface area contributed by atoms with Crippen LogP contribution in [0.4, 0.5) is 15.8 Å². The van der Waals surface area contributed by atoms with Crippen molar-refractivity contribution in [2.24, 2.45) is 0 Å². The highest BCUT2D eigenvalue weighted by molar-refractivity contribution is 7.21. The summed E-state index contributed by atoms with van der Waals surface area (Å²) in [4.78, 5) is 22.1. The number of hydrogen-bond acceptors (Lipinski definition) is 5. The summed E-state index contributed by atoms with van der Waals surface area (Å²) >= 11 is 1.18. The van der Waals surface area contributed by atoms with Gasteiger partial charge in [0.15, 0.2) is 0 Å². The van der Waals surface area contributed by atoms with E-state index in [1.54, 1.807) is 24.5 Å². The highest BCUT2D eigenvalue weighted by Crippen LogP contribution is 2.34. The summed E-state index contributed by atoms with van der Waals surface area (Å²) in [7, 11) is 0. The van der Waals surface area contributed by atoms with Crippen molar-refractivity contribution in [3.8, 4) is 11.3 Å². The van der Waals surface area contributed by atoms with Gasteiger partial charge in [-0.15, -0.1) is 11.3 Å². The first-order valence-electron chi connectivity index (χ1n) is 7.79. The molecule has 1 aromatic carbocycles.